The van der Waals surface area contributed by atoms with Gasteiger partial charge in [0.25, 0.3) is 0 Å². The summed E-state index contributed by atoms with van der Waals surface area (Å²) in [4.78, 5) is 9.68. The second-order valence-corrected chi connectivity index (χ2v) is 4.61. The molecule has 0 bridgehead atoms. The molecule has 19 heavy (non-hydrogen) atoms. The van der Waals surface area contributed by atoms with Crippen LogP contribution in [0.5, 0.6) is 0 Å². The highest BCUT2D eigenvalue weighted by Crippen LogP contribution is 2.30. The van der Waals surface area contributed by atoms with Crippen molar-refractivity contribution in [3.8, 4) is 0 Å². The van der Waals surface area contributed by atoms with Crippen LogP contribution >= 0.6 is 0 Å². The lowest BCUT2D eigenvalue weighted by molar-refractivity contribution is 0.0172. The molecule has 0 aliphatic carbocycles. The molecule has 1 saturated heterocycles. The van der Waals surface area contributed by atoms with E-state index in [4.69, 9.17) is 0 Å². The van der Waals surface area contributed by atoms with Crippen LogP contribution in [-0.2, 0) is 5.60 Å². The molecular weight excluding hydrogens is 251 g/mol. The molecule has 1 aliphatic rings. The predicted octanol–water partition coefficient (Wildman–Crippen LogP) is 0.222. The molecule has 0 aromatic carbocycles. The molecule has 0 saturated carbocycles. The highest BCUT2D eigenvalue weighted by molar-refractivity contribution is 5.32. The predicted molar refractivity (Wildman–Crippen MR) is 63.7 cm³/mol. The van der Waals surface area contributed by atoms with E-state index in [0.29, 0.717) is 31.2 Å². The number of aromatic amines is 1. The third-order valence-electron chi connectivity index (χ3n) is 3.25. The average molecular weight is 264 g/mol. The van der Waals surface area contributed by atoms with Crippen LogP contribution in [0.15, 0.2) is 18.6 Å². The maximum atomic E-state index is 12.8. The number of nitrogens with zero attached hydrogens (tertiary/aromatic N) is 5. The third-order valence-corrected chi connectivity index (χ3v) is 3.25. The number of aromatic nitrogens is 5. The summed E-state index contributed by atoms with van der Waals surface area (Å²) in [6.45, 7) is 1.02. The van der Waals surface area contributed by atoms with Crippen molar-refractivity contribution in [2.45, 2.75) is 18.4 Å². The van der Waals surface area contributed by atoms with E-state index in [1.165, 1.54) is 6.20 Å². The van der Waals surface area contributed by atoms with Gasteiger partial charge in [0.2, 0.25) is 5.95 Å². The zero-order valence-electron chi connectivity index (χ0n) is 10.1. The quantitative estimate of drug-likeness (QED) is 0.806. The topological polar surface area (TPSA) is 90.8 Å². The van der Waals surface area contributed by atoms with E-state index in [9.17, 15) is 9.50 Å². The number of halogens is 1. The maximum Gasteiger partial charge on any atom is 0.225 e. The van der Waals surface area contributed by atoms with Crippen LogP contribution in [0.4, 0.5) is 10.3 Å². The highest BCUT2D eigenvalue weighted by Gasteiger charge is 2.37. The van der Waals surface area contributed by atoms with E-state index in [0.717, 1.165) is 18.8 Å². The molecule has 3 heterocycles. The largest absolute Gasteiger partial charge is 0.382 e. The Hall–Kier alpha value is -2.09. The monoisotopic (exact) mass is 264 g/mol. The molecule has 1 fully saturated rings. The first-order valence-corrected chi connectivity index (χ1v) is 5.98. The lowest BCUT2D eigenvalue weighted by Crippen LogP contribution is -2.47. The van der Waals surface area contributed by atoms with Crippen LogP contribution in [0, 0.1) is 5.82 Å². The molecule has 2 aromatic rings. The molecule has 3 rings (SSSR count). The van der Waals surface area contributed by atoms with Crippen LogP contribution < -0.4 is 4.90 Å². The van der Waals surface area contributed by atoms with Crippen LogP contribution in [0.1, 0.15) is 18.5 Å². The van der Waals surface area contributed by atoms with Crippen molar-refractivity contribution >= 4 is 5.95 Å². The molecule has 100 valence electrons. The molecule has 0 radical (unpaired) electrons. The SMILES string of the molecule is O[C@]1(c2cn[nH]n2)CCCN(c2ncc(F)cn2)C1. The number of β-amino-alcohol motifs (C(OH)–C–C–N with tert-alkyl or cyclic N) is 1. The summed E-state index contributed by atoms with van der Waals surface area (Å²) in [6, 6.07) is 0. The zero-order chi connectivity index (χ0) is 13.3. The summed E-state index contributed by atoms with van der Waals surface area (Å²) < 4.78 is 12.8. The number of anilines is 1. The minimum absolute atomic E-state index is 0.311. The van der Waals surface area contributed by atoms with E-state index >= 15 is 0 Å². The van der Waals surface area contributed by atoms with Crippen molar-refractivity contribution in [1.29, 1.82) is 0 Å². The highest BCUT2D eigenvalue weighted by atomic mass is 19.1. The molecule has 0 unspecified atom stereocenters. The lowest BCUT2D eigenvalue weighted by Gasteiger charge is -2.37. The summed E-state index contributed by atoms with van der Waals surface area (Å²) in [5.41, 5.74) is -0.581. The number of hydrogen-bond acceptors (Lipinski definition) is 6. The van der Waals surface area contributed by atoms with Crippen molar-refractivity contribution in [1.82, 2.24) is 25.4 Å². The van der Waals surface area contributed by atoms with Gasteiger partial charge in [-0.3, -0.25) is 0 Å². The van der Waals surface area contributed by atoms with Gasteiger partial charge in [-0.2, -0.15) is 15.4 Å². The minimum Gasteiger partial charge on any atom is -0.382 e. The van der Waals surface area contributed by atoms with Gasteiger partial charge < -0.3 is 10.0 Å². The number of rotatable bonds is 2. The molecule has 1 aliphatic heterocycles. The molecule has 2 aromatic heterocycles. The van der Waals surface area contributed by atoms with Gasteiger partial charge in [-0.25, -0.2) is 14.4 Å². The van der Waals surface area contributed by atoms with Crippen molar-refractivity contribution in [3.63, 3.8) is 0 Å². The Balaban J connectivity index is 1.83. The fraction of sp³-hybridized carbons (Fsp3) is 0.455. The normalized spacial score (nSPS) is 23.6. The first kappa shape index (κ1) is 12.0. The molecule has 8 heteroatoms. The van der Waals surface area contributed by atoms with Crippen LogP contribution in [0.25, 0.3) is 0 Å². The van der Waals surface area contributed by atoms with Crippen LogP contribution in [0.3, 0.4) is 0 Å². The maximum absolute atomic E-state index is 12.8. The summed E-state index contributed by atoms with van der Waals surface area (Å²) in [5.74, 6) is -0.0736. The molecule has 2 N–H and O–H groups in total. The van der Waals surface area contributed by atoms with Crippen molar-refractivity contribution in [2.24, 2.45) is 0 Å². The van der Waals surface area contributed by atoms with E-state index in [1.807, 2.05) is 4.90 Å². The van der Waals surface area contributed by atoms with Gasteiger partial charge in [-0.15, -0.1) is 0 Å². The zero-order valence-corrected chi connectivity index (χ0v) is 10.1. The first-order valence-electron chi connectivity index (χ1n) is 5.98. The molecule has 0 amide bonds. The molecular formula is C11H13FN6O. The second-order valence-electron chi connectivity index (χ2n) is 4.61. The molecule has 7 nitrogen and oxygen atoms in total. The van der Waals surface area contributed by atoms with E-state index < -0.39 is 11.4 Å². The fourth-order valence-corrected chi connectivity index (χ4v) is 2.31. The average Bonchev–Trinajstić information content (AvgIpc) is 2.94. The van der Waals surface area contributed by atoms with Gasteiger partial charge in [-0.1, -0.05) is 0 Å². The van der Waals surface area contributed by atoms with E-state index in [1.54, 1.807) is 0 Å². The number of aliphatic hydroxyl groups is 1. The summed E-state index contributed by atoms with van der Waals surface area (Å²) in [7, 11) is 0. The van der Waals surface area contributed by atoms with Gasteiger partial charge in [0.1, 0.15) is 11.3 Å². The van der Waals surface area contributed by atoms with Gasteiger partial charge in [-0.05, 0) is 12.8 Å². The number of piperidine rings is 1. The Kier molecular flexibility index (Phi) is 2.86. The third kappa shape index (κ3) is 2.26. The lowest BCUT2D eigenvalue weighted by atomic mass is 9.90. The molecule has 1 atom stereocenters. The van der Waals surface area contributed by atoms with Crippen LogP contribution in [0.2, 0.25) is 0 Å². The smallest absolute Gasteiger partial charge is 0.225 e. The van der Waals surface area contributed by atoms with Crippen molar-refractivity contribution < 1.29 is 9.50 Å². The van der Waals surface area contributed by atoms with Crippen LogP contribution in [-0.4, -0.2) is 43.6 Å². The number of hydrogen-bond donors (Lipinski definition) is 2. The Morgan fingerprint density at radius 3 is 2.79 bits per heavy atom. The summed E-state index contributed by atoms with van der Waals surface area (Å²) in [6.07, 6.45) is 5.11. The van der Waals surface area contributed by atoms with Gasteiger partial charge in [0.15, 0.2) is 5.82 Å². The Morgan fingerprint density at radius 1 is 1.32 bits per heavy atom. The standard InChI is InChI=1S/C11H13FN6O/c12-8-4-13-10(14-5-8)18-3-1-2-11(19,7-18)9-6-15-17-16-9/h4-6,19H,1-3,7H2,(H,15,16,17)/t11-/m1/s1. The minimum atomic E-state index is -1.08. The van der Waals surface area contributed by atoms with Gasteiger partial charge in [0.05, 0.1) is 25.1 Å². The number of nitrogens with one attached hydrogen (secondary N) is 1. The Bertz CT molecular complexity index is 545. The van der Waals surface area contributed by atoms with Crippen molar-refractivity contribution in [2.75, 3.05) is 18.0 Å². The van der Waals surface area contributed by atoms with Gasteiger partial charge >= 0.3 is 0 Å². The van der Waals surface area contributed by atoms with Crippen molar-refractivity contribution in [3.05, 3.63) is 30.1 Å². The fourth-order valence-electron chi connectivity index (χ4n) is 2.31. The van der Waals surface area contributed by atoms with E-state index in [-0.39, 0.29) is 0 Å². The summed E-state index contributed by atoms with van der Waals surface area (Å²) in [5, 5.41) is 20.8. The Labute approximate surface area is 108 Å². The van der Waals surface area contributed by atoms with E-state index in [2.05, 4.69) is 25.4 Å². The number of H-pyrrole nitrogens is 1. The Morgan fingerprint density at radius 2 is 2.11 bits per heavy atom. The first-order chi connectivity index (χ1) is 9.17. The van der Waals surface area contributed by atoms with Gasteiger partial charge in [0, 0.05) is 6.54 Å². The second kappa shape index (κ2) is 4.54. The summed E-state index contributed by atoms with van der Waals surface area (Å²) >= 11 is 0. The molecule has 0 spiro atoms.